The summed E-state index contributed by atoms with van der Waals surface area (Å²) in [6.07, 6.45) is 3.21. The summed E-state index contributed by atoms with van der Waals surface area (Å²) in [4.78, 5) is -0.167. The lowest BCUT2D eigenvalue weighted by molar-refractivity contribution is 0.680. The van der Waals surface area contributed by atoms with Crippen LogP contribution in [0.4, 0.5) is 5.69 Å². The standard InChI is InChI=1S/C16H12BrN5/c17-16(13-6-2-1-3-7-13)22(21-11-19-20-12-21)15-9-5-4-8-14(15)10-18/h1-9,11-12,16H. The maximum absolute atomic E-state index is 9.38. The van der Waals surface area contributed by atoms with E-state index < -0.39 is 0 Å². The van der Waals surface area contributed by atoms with Gasteiger partial charge in [0.05, 0.1) is 11.3 Å². The summed E-state index contributed by atoms with van der Waals surface area (Å²) in [6.45, 7) is 0. The first-order chi connectivity index (χ1) is 10.8. The molecule has 3 rings (SSSR count). The van der Waals surface area contributed by atoms with Gasteiger partial charge in [0, 0.05) is 0 Å². The Morgan fingerprint density at radius 3 is 2.32 bits per heavy atom. The van der Waals surface area contributed by atoms with Gasteiger partial charge in [0.1, 0.15) is 23.7 Å². The summed E-state index contributed by atoms with van der Waals surface area (Å²) in [5, 5.41) is 19.0. The number of nitriles is 1. The second-order valence-corrected chi connectivity index (χ2v) is 5.43. The average Bonchev–Trinajstić information content (AvgIpc) is 3.10. The number of halogens is 1. The zero-order valence-corrected chi connectivity index (χ0v) is 13.1. The molecule has 1 unspecified atom stereocenters. The number of alkyl halides is 1. The van der Waals surface area contributed by atoms with Crippen molar-refractivity contribution in [3.63, 3.8) is 0 Å². The highest BCUT2D eigenvalue weighted by Crippen LogP contribution is 2.34. The van der Waals surface area contributed by atoms with Crippen molar-refractivity contribution in [1.29, 1.82) is 5.26 Å². The van der Waals surface area contributed by atoms with Crippen LogP contribution in [-0.2, 0) is 0 Å². The lowest BCUT2D eigenvalue weighted by Crippen LogP contribution is -2.30. The van der Waals surface area contributed by atoms with E-state index in [-0.39, 0.29) is 4.95 Å². The number of rotatable bonds is 4. The topological polar surface area (TPSA) is 57.7 Å². The van der Waals surface area contributed by atoms with E-state index in [1.807, 2.05) is 53.5 Å². The molecule has 22 heavy (non-hydrogen) atoms. The van der Waals surface area contributed by atoms with Crippen LogP contribution in [0.3, 0.4) is 0 Å². The lowest BCUT2D eigenvalue weighted by atomic mass is 10.1. The largest absolute Gasteiger partial charge is 0.259 e. The smallest absolute Gasteiger partial charge is 0.139 e. The molecule has 0 radical (unpaired) electrons. The molecule has 3 aromatic rings. The summed E-state index contributed by atoms with van der Waals surface area (Å²) in [7, 11) is 0. The van der Waals surface area contributed by atoms with Crippen molar-refractivity contribution < 1.29 is 0 Å². The van der Waals surface area contributed by atoms with Crippen LogP contribution in [0.2, 0.25) is 0 Å². The molecule has 0 aliphatic rings. The van der Waals surface area contributed by atoms with Gasteiger partial charge in [-0.05, 0) is 17.7 Å². The van der Waals surface area contributed by atoms with Crippen molar-refractivity contribution in [2.45, 2.75) is 4.95 Å². The lowest BCUT2D eigenvalue weighted by Gasteiger charge is -2.30. The molecule has 0 spiro atoms. The second kappa shape index (κ2) is 6.41. The van der Waals surface area contributed by atoms with E-state index in [2.05, 4.69) is 32.2 Å². The van der Waals surface area contributed by atoms with Crippen molar-refractivity contribution in [3.05, 3.63) is 78.4 Å². The Bertz CT molecular complexity index is 780. The quantitative estimate of drug-likeness (QED) is 0.531. The van der Waals surface area contributed by atoms with Crippen molar-refractivity contribution in [3.8, 4) is 6.07 Å². The van der Waals surface area contributed by atoms with Gasteiger partial charge < -0.3 is 0 Å². The molecule has 1 heterocycles. The summed E-state index contributed by atoms with van der Waals surface area (Å²) < 4.78 is 1.75. The molecule has 0 aliphatic heterocycles. The van der Waals surface area contributed by atoms with E-state index in [9.17, 15) is 5.26 Å². The summed E-state index contributed by atoms with van der Waals surface area (Å²) in [5.74, 6) is 0. The van der Waals surface area contributed by atoms with E-state index in [0.717, 1.165) is 11.3 Å². The first kappa shape index (κ1) is 14.3. The molecule has 5 nitrogen and oxygen atoms in total. The summed E-state index contributed by atoms with van der Waals surface area (Å²) in [6, 6.07) is 19.6. The summed E-state index contributed by atoms with van der Waals surface area (Å²) >= 11 is 3.71. The third-order valence-corrected chi connectivity index (χ3v) is 4.13. The zero-order chi connectivity index (χ0) is 15.4. The Balaban J connectivity index is 2.11. The fourth-order valence-corrected chi connectivity index (χ4v) is 2.93. The van der Waals surface area contributed by atoms with E-state index in [1.165, 1.54) is 0 Å². The molecule has 1 aromatic heterocycles. The highest BCUT2D eigenvalue weighted by molar-refractivity contribution is 9.09. The average molecular weight is 354 g/mol. The zero-order valence-electron chi connectivity index (χ0n) is 11.5. The molecule has 108 valence electrons. The number of benzene rings is 2. The van der Waals surface area contributed by atoms with E-state index in [4.69, 9.17) is 0 Å². The van der Waals surface area contributed by atoms with Gasteiger partial charge >= 0.3 is 0 Å². The van der Waals surface area contributed by atoms with Gasteiger partial charge in [0.15, 0.2) is 0 Å². The molecule has 0 saturated carbocycles. The Labute approximate surface area is 136 Å². The number of aromatic nitrogens is 3. The molecule has 0 saturated heterocycles. The predicted molar refractivity (Wildman–Crippen MR) is 87.2 cm³/mol. The van der Waals surface area contributed by atoms with Crippen LogP contribution in [0.25, 0.3) is 0 Å². The highest BCUT2D eigenvalue weighted by atomic mass is 79.9. The molecule has 6 heteroatoms. The van der Waals surface area contributed by atoms with Crippen LogP contribution in [0, 0.1) is 11.3 Å². The normalized spacial score (nSPS) is 11.6. The summed E-state index contributed by atoms with van der Waals surface area (Å²) in [5.41, 5.74) is 2.41. The monoisotopic (exact) mass is 353 g/mol. The Hall–Kier alpha value is -2.65. The van der Waals surface area contributed by atoms with Gasteiger partial charge in [-0.25, -0.2) is 4.68 Å². The van der Waals surface area contributed by atoms with Gasteiger partial charge in [-0.15, -0.1) is 10.2 Å². The number of hydrogen-bond acceptors (Lipinski definition) is 4. The van der Waals surface area contributed by atoms with E-state index in [0.29, 0.717) is 5.56 Å². The molecule has 0 fully saturated rings. The Morgan fingerprint density at radius 1 is 1.00 bits per heavy atom. The minimum atomic E-state index is -0.167. The third kappa shape index (κ3) is 2.71. The van der Waals surface area contributed by atoms with Gasteiger partial charge in [-0.3, -0.25) is 5.01 Å². The molecular weight excluding hydrogens is 342 g/mol. The third-order valence-electron chi connectivity index (χ3n) is 3.22. The van der Waals surface area contributed by atoms with Crippen molar-refractivity contribution >= 4 is 21.6 Å². The van der Waals surface area contributed by atoms with Crippen molar-refractivity contribution in [2.75, 3.05) is 5.01 Å². The molecular formula is C16H12BrN5. The molecule has 0 amide bonds. The van der Waals surface area contributed by atoms with Crippen molar-refractivity contribution in [1.82, 2.24) is 14.9 Å². The van der Waals surface area contributed by atoms with Crippen LogP contribution in [-0.4, -0.2) is 14.9 Å². The first-order valence-corrected chi connectivity index (χ1v) is 7.55. The van der Waals surface area contributed by atoms with Crippen LogP contribution >= 0.6 is 15.9 Å². The Kier molecular flexibility index (Phi) is 4.17. The maximum Gasteiger partial charge on any atom is 0.139 e. The van der Waals surface area contributed by atoms with Crippen LogP contribution < -0.4 is 5.01 Å². The van der Waals surface area contributed by atoms with Crippen LogP contribution in [0.1, 0.15) is 16.1 Å². The van der Waals surface area contributed by atoms with E-state index in [1.54, 1.807) is 23.4 Å². The minimum absolute atomic E-state index is 0.167. The Morgan fingerprint density at radius 2 is 1.64 bits per heavy atom. The fourth-order valence-electron chi connectivity index (χ4n) is 2.19. The number of hydrogen-bond donors (Lipinski definition) is 0. The number of para-hydroxylation sites is 1. The molecule has 0 aliphatic carbocycles. The van der Waals surface area contributed by atoms with Crippen molar-refractivity contribution in [2.24, 2.45) is 0 Å². The van der Waals surface area contributed by atoms with Gasteiger partial charge in [-0.2, -0.15) is 5.26 Å². The molecule has 2 aromatic carbocycles. The highest BCUT2D eigenvalue weighted by Gasteiger charge is 2.22. The van der Waals surface area contributed by atoms with Crippen LogP contribution in [0.5, 0.6) is 0 Å². The van der Waals surface area contributed by atoms with Crippen LogP contribution in [0.15, 0.2) is 67.3 Å². The van der Waals surface area contributed by atoms with Gasteiger partial charge in [0.25, 0.3) is 0 Å². The molecule has 0 bridgehead atoms. The van der Waals surface area contributed by atoms with Gasteiger partial charge in [0.2, 0.25) is 0 Å². The van der Waals surface area contributed by atoms with E-state index >= 15 is 0 Å². The predicted octanol–water partition coefficient (Wildman–Crippen LogP) is 3.51. The fraction of sp³-hybridized carbons (Fsp3) is 0.0625. The first-order valence-electron chi connectivity index (χ1n) is 6.63. The molecule has 0 N–H and O–H groups in total. The number of anilines is 1. The maximum atomic E-state index is 9.38. The molecule has 1 atom stereocenters. The number of nitrogens with zero attached hydrogens (tertiary/aromatic N) is 5. The minimum Gasteiger partial charge on any atom is -0.259 e. The SMILES string of the molecule is N#Cc1ccccc1N(C(Br)c1ccccc1)n1cnnc1. The van der Waals surface area contributed by atoms with Gasteiger partial charge in [-0.1, -0.05) is 58.4 Å². The second-order valence-electron chi connectivity index (χ2n) is 4.56.